The molecular formula is C12H14. The fourth-order valence-electron chi connectivity index (χ4n) is 1.79. The van der Waals surface area contributed by atoms with Crippen molar-refractivity contribution in [1.82, 2.24) is 0 Å². The molecule has 0 unspecified atom stereocenters. The second-order valence-corrected chi connectivity index (χ2v) is 3.55. The third-order valence-corrected chi connectivity index (χ3v) is 2.49. The lowest BCUT2D eigenvalue weighted by Crippen LogP contribution is -1.86. The first-order valence-corrected chi connectivity index (χ1v) is 4.58. The molecule has 0 nitrogen and oxygen atoms in total. The molecule has 0 atom stereocenters. The molecule has 0 spiro atoms. The van der Waals surface area contributed by atoms with Gasteiger partial charge >= 0.3 is 0 Å². The predicted molar refractivity (Wildman–Crippen MR) is 53.2 cm³/mol. The minimum Gasteiger partial charge on any atom is -0.0683 e. The molecule has 0 aromatic heterocycles. The number of rotatable bonds is 1. The summed E-state index contributed by atoms with van der Waals surface area (Å²) in [6.07, 6.45) is 4.59. The summed E-state index contributed by atoms with van der Waals surface area (Å²) in [7, 11) is 0. The van der Waals surface area contributed by atoms with E-state index in [0.717, 1.165) is 12.8 Å². The topological polar surface area (TPSA) is 0 Å². The molecule has 12 heavy (non-hydrogen) atoms. The van der Waals surface area contributed by atoms with Crippen molar-refractivity contribution in [3.63, 3.8) is 0 Å². The summed E-state index contributed by atoms with van der Waals surface area (Å²) in [6.45, 7) is 4.41. The molecule has 0 heteroatoms. The van der Waals surface area contributed by atoms with Gasteiger partial charge in [-0.2, -0.15) is 0 Å². The van der Waals surface area contributed by atoms with Gasteiger partial charge in [0.2, 0.25) is 0 Å². The smallest absolute Gasteiger partial charge is 0.00605 e. The van der Waals surface area contributed by atoms with E-state index < -0.39 is 0 Å². The van der Waals surface area contributed by atoms with E-state index in [1.165, 1.54) is 22.3 Å². The van der Waals surface area contributed by atoms with Gasteiger partial charge in [0.05, 0.1) is 0 Å². The fourth-order valence-corrected chi connectivity index (χ4v) is 1.79. The molecule has 0 amide bonds. The summed E-state index contributed by atoms with van der Waals surface area (Å²) in [5.74, 6) is 0. The molecule has 1 aromatic rings. The maximum absolute atomic E-state index is 2.34. The first-order valence-electron chi connectivity index (χ1n) is 4.58. The third-order valence-electron chi connectivity index (χ3n) is 2.49. The summed E-state index contributed by atoms with van der Waals surface area (Å²) < 4.78 is 0. The van der Waals surface area contributed by atoms with Gasteiger partial charge in [-0.15, -0.1) is 0 Å². The maximum atomic E-state index is 2.34. The normalized spacial score (nSPS) is 14.3. The van der Waals surface area contributed by atoms with Crippen LogP contribution in [0.2, 0.25) is 0 Å². The molecule has 1 aromatic carbocycles. The number of benzene rings is 1. The maximum Gasteiger partial charge on any atom is -0.00605 e. The van der Waals surface area contributed by atoms with Crippen molar-refractivity contribution in [1.29, 1.82) is 0 Å². The van der Waals surface area contributed by atoms with Gasteiger partial charge in [0, 0.05) is 0 Å². The van der Waals surface area contributed by atoms with Crippen molar-refractivity contribution >= 4 is 6.08 Å². The molecular weight excluding hydrogens is 144 g/mol. The number of hydrogen-bond acceptors (Lipinski definition) is 0. The van der Waals surface area contributed by atoms with E-state index in [4.69, 9.17) is 0 Å². The zero-order valence-corrected chi connectivity index (χ0v) is 7.72. The molecule has 0 radical (unpaired) electrons. The van der Waals surface area contributed by atoms with Crippen LogP contribution in [0.15, 0.2) is 23.8 Å². The second-order valence-electron chi connectivity index (χ2n) is 3.55. The van der Waals surface area contributed by atoms with Crippen LogP contribution in [0.25, 0.3) is 6.08 Å². The van der Waals surface area contributed by atoms with Gasteiger partial charge in [0.15, 0.2) is 0 Å². The van der Waals surface area contributed by atoms with Crippen molar-refractivity contribution in [3.05, 3.63) is 40.5 Å². The highest BCUT2D eigenvalue weighted by molar-refractivity contribution is 5.63. The summed E-state index contributed by atoms with van der Waals surface area (Å²) in [5, 5.41) is 0. The third kappa shape index (κ3) is 1.18. The Morgan fingerprint density at radius 2 is 2.17 bits per heavy atom. The quantitative estimate of drug-likeness (QED) is 0.588. The Morgan fingerprint density at radius 1 is 1.33 bits per heavy atom. The molecule has 2 rings (SSSR count). The zero-order valence-electron chi connectivity index (χ0n) is 7.72. The predicted octanol–water partition coefficient (Wildman–Crippen LogP) is 3.21. The molecule has 0 bridgehead atoms. The van der Waals surface area contributed by atoms with Crippen molar-refractivity contribution in [3.8, 4) is 0 Å². The minimum atomic E-state index is 1.15. The Hall–Kier alpha value is -1.04. The molecule has 0 N–H and O–H groups in total. The fraction of sp³-hybridized carbons (Fsp3) is 0.333. The first kappa shape index (κ1) is 7.60. The molecule has 0 saturated heterocycles. The Bertz CT molecular complexity index is 332. The van der Waals surface area contributed by atoms with Crippen molar-refractivity contribution in [2.75, 3.05) is 0 Å². The lowest BCUT2D eigenvalue weighted by molar-refractivity contribution is 1.11. The Morgan fingerprint density at radius 3 is 2.92 bits per heavy atom. The van der Waals surface area contributed by atoms with Gasteiger partial charge in [-0.1, -0.05) is 36.8 Å². The molecule has 62 valence electrons. The molecule has 1 aliphatic rings. The van der Waals surface area contributed by atoms with Gasteiger partial charge in [-0.3, -0.25) is 0 Å². The summed E-state index contributed by atoms with van der Waals surface area (Å²) >= 11 is 0. The Balaban J connectivity index is 2.42. The van der Waals surface area contributed by atoms with Gasteiger partial charge in [-0.25, -0.2) is 0 Å². The monoisotopic (exact) mass is 158 g/mol. The van der Waals surface area contributed by atoms with Crippen molar-refractivity contribution < 1.29 is 0 Å². The highest BCUT2D eigenvalue weighted by Crippen LogP contribution is 2.25. The molecule has 0 saturated carbocycles. The van der Waals surface area contributed by atoms with Crippen LogP contribution >= 0.6 is 0 Å². The van der Waals surface area contributed by atoms with E-state index in [1.807, 2.05) is 0 Å². The van der Waals surface area contributed by atoms with Gasteiger partial charge in [-0.05, 0) is 36.5 Å². The van der Waals surface area contributed by atoms with Gasteiger partial charge < -0.3 is 0 Å². The van der Waals surface area contributed by atoms with Crippen LogP contribution in [-0.4, -0.2) is 0 Å². The molecule has 0 aliphatic heterocycles. The van der Waals surface area contributed by atoms with E-state index in [1.54, 1.807) is 0 Å². The van der Waals surface area contributed by atoms with E-state index >= 15 is 0 Å². The SMILES string of the molecule is CCc1ccc2c(c1)CC(C)=C2. The van der Waals surface area contributed by atoms with Crippen LogP contribution in [-0.2, 0) is 12.8 Å². The average Bonchev–Trinajstić information content (AvgIpc) is 2.43. The minimum absolute atomic E-state index is 1.15. The van der Waals surface area contributed by atoms with Crippen LogP contribution in [0, 0.1) is 0 Å². The van der Waals surface area contributed by atoms with Crippen LogP contribution < -0.4 is 0 Å². The summed E-state index contributed by atoms with van der Waals surface area (Å²) in [4.78, 5) is 0. The van der Waals surface area contributed by atoms with E-state index in [0.29, 0.717) is 0 Å². The van der Waals surface area contributed by atoms with Crippen molar-refractivity contribution in [2.24, 2.45) is 0 Å². The van der Waals surface area contributed by atoms with Gasteiger partial charge in [0.25, 0.3) is 0 Å². The standard InChI is InChI=1S/C12H14/c1-3-10-4-5-11-6-9(2)7-12(11)8-10/h4-6,8H,3,7H2,1-2H3. The second kappa shape index (κ2) is 2.78. The Labute approximate surface area is 73.9 Å². The highest BCUT2D eigenvalue weighted by Gasteiger charge is 2.08. The largest absolute Gasteiger partial charge is 0.0683 e. The molecule has 0 heterocycles. The first-order chi connectivity index (χ1) is 5.79. The number of fused-ring (bicyclic) bond motifs is 1. The van der Waals surface area contributed by atoms with Crippen LogP contribution in [0.4, 0.5) is 0 Å². The van der Waals surface area contributed by atoms with E-state index in [2.05, 4.69) is 38.1 Å². The summed E-state index contributed by atoms with van der Waals surface area (Å²) in [6, 6.07) is 6.81. The van der Waals surface area contributed by atoms with Gasteiger partial charge in [0.1, 0.15) is 0 Å². The molecule has 1 aliphatic carbocycles. The van der Waals surface area contributed by atoms with Crippen molar-refractivity contribution in [2.45, 2.75) is 26.7 Å². The highest BCUT2D eigenvalue weighted by atomic mass is 14.1. The van der Waals surface area contributed by atoms with E-state index in [9.17, 15) is 0 Å². The average molecular weight is 158 g/mol. The van der Waals surface area contributed by atoms with Crippen LogP contribution in [0.5, 0.6) is 0 Å². The Kier molecular flexibility index (Phi) is 1.76. The number of allylic oxidation sites excluding steroid dienone is 1. The lowest BCUT2D eigenvalue weighted by Gasteiger charge is -2.01. The molecule has 0 fully saturated rings. The zero-order chi connectivity index (χ0) is 8.55. The van der Waals surface area contributed by atoms with E-state index in [-0.39, 0.29) is 0 Å². The van der Waals surface area contributed by atoms with Crippen LogP contribution in [0.1, 0.15) is 30.5 Å². The number of aryl methyl sites for hydroxylation is 1. The number of hydrogen-bond donors (Lipinski definition) is 0. The van der Waals surface area contributed by atoms with Crippen LogP contribution in [0.3, 0.4) is 0 Å². The lowest BCUT2D eigenvalue weighted by atomic mass is 10.0. The summed E-state index contributed by atoms with van der Waals surface area (Å²) in [5.41, 5.74) is 5.87.